The van der Waals surface area contributed by atoms with Crippen LogP contribution in [0.1, 0.15) is 0 Å². The number of hydrogen-bond acceptors (Lipinski definition) is 4. The van der Waals surface area contributed by atoms with Crippen LogP contribution in [0.5, 0.6) is 11.8 Å². The van der Waals surface area contributed by atoms with Crippen LogP contribution >= 0.6 is 55.1 Å². The van der Waals surface area contributed by atoms with Gasteiger partial charge in [0.25, 0.3) is 0 Å². The lowest BCUT2D eigenvalue weighted by Gasteiger charge is -1.98. The topological polar surface area (TPSA) is 55.2 Å². The van der Waals surface area contributed by atoms with E-state index < -0.39 is 0 Å². The van der Waals surface area contributed by atoms with Crippen molar-refractivity contribution in [1.29, 1.82) is 0 Å². The van der Waals surface area contributed by atoms with Gasteiger partial charge in [-0.1, -0.05) is 23.2 Å². The molecule has 2 aromatic rings. The lowest BCUT2D eigenvalue weighted by molar-refractivity contribution is 0.397. The standard InChI is InChI=1S/C6H5BrClNO.C5H3BrClNO/c1-10-6-2-4(7)5(8)3-9-6;6-3-1-5(9)8-2-4(3)7/h2-3H,1H3;1-2H,(H,8,9). The molecule has 2 heterocycles. The average molecular weight is 431 g/mol. The van der Waals surface area contributed by atoms with Crippen LogP contribution in [0, 0.1) is 0 Å². The smallest absolute Gasteiger partial charge is 0.214 e. The van der Waals surface area contributed by atoms with Gasteiger partial charge in [0, 0.05) is 21.1 Å². The maximum Gasteiger partial charge on any atom is 0.214 e. The van der Waals surface area contributed by atoms with E-state index in [1.807, 2.05) is 0 Å². The molecular weight excluding hydrogens is 423 g/mol. The van der Waals surface area contributed by atoms with Gasteiger partial charge in [0.1, 0.15) is 0 Å². The number of nitrogens with zero attached hydrogens (tertiary/aromatic N) is 2. The second-order valence-electron chi connectivity index (χ2n) is 3.10. The molecule has 0 fully saturated rings. The van der Waals surface area contributed by atoms with Gasteiger partial charge in [-0.2, -0.15) is 0 Å². The van der Waals surface area contributed by atoms with Crippen molar-refractivity contribution in [3.05, 3.63) is 43.5 Å². The summed E-state index contributed by atoms with van der Waals surface area (Å²) >= 11 is 17.6. The van der Waals surface area contributed by atoms with Crippen LogP contribution in [0.25, 0.3) is 0 Å². The Morgan fingerprint density at radius 2 is 1.58 bits per heavy atom. The molecular formula is C11H8Br2Cl2N2O2. The molecule has 0 aliphatic heterocycles. The maximum absolute atomic E-state index is 8.74. The Balaban J connectivity index is 0.000000191. The number of halogens is 4. The molecule has 0 amide bonds. The third-order valence-electron chi connectivity index (χ3n) is 1.79. The number of methoxy groups -OCH3 is 1. The molecule has 4 nitrogen and oxygen atoms in total. The second kappa shape index (κ2) is 7.89. The quantitative estimate of drug-likeness (QED) is 0.711. The van der Waals surface area contributed by atoms with E-state index in [9.17, 15) is 0 Å². The predicted molar refractivity (Wildman–Crippen MR) is 82.1 cm³/mol. The Morgan fingerprint density at radius 1 is 1.05 bits per heavy atom. The summed E-state index contributed by atoms with van der Waals surface area (Å²) in [5.41, 5.74) is 0. The van der Waals surface area contributed by atoms with Gasteiger partial charge >= 0.3 is 0 Å². The summed E-state index contributed by atoms with van der Waals surface area (Å²) in [5, 5.41) is 9.82. The number of rotatable bonds is 1. The van der Waals surface area contributed by atoms with Crippen LogP contribution < -0.4 is 4.74 Å². The Morgan fingerprint density at radius 3 is 2.00 bits per heavy atom. The van der Waals surface area contributed by atoms with Gasteiger partial charge in [0.05, 0.1) is 29.5 Å². The van der Waals surface area contributed by atoms with E-state index in [1.54, 1.807) is 13.2 Å². The van der Waals surface area contributed by atoms with Crippen LogP contribution in [0.4, 0.5) is 0 Å². The summed E-state index contributed by atoms with van der Waals surface area (Å²) in [6.07, 6.45) is 2.91. The van der Waals surface area contributed by atoms with E-state index in [-0.39, 0.29) is 5.88 Å². The van der Waals surface area contributed by atoms with Crippen molar-refractivity contribution >= 4 is 55.1 Å². The van der Waals surface area contributed by atoms with Crippen LogP contribution in [-0.2, 0) is 0 Å². The van der Waals surface area contributed by atoms with Gasteiger partial charge in [-0.25, -0.2) is 9.97 Å². The molecule has 1 N–H and O–H groups in total. The van der Waals surface area contributed by atoms with E-state index in [0.29, 0.717) is 20.4 Å². The van der Waals surface area contributed by atoms with Crippen LogP contribution in [-0.4, -0.2) is 22.2 Å². The molecule has 0 saturated carbocycles. The first-order valence-corrected chi connectivity index (χ1v) is 7.13. The van der Waals surface area contributed by atoms with Crippen molar-refractivity contribution < 1.29 is 9.84 Å². The molecule has 0 unspecified atom stereocenters. The van der Waals surface area contributed by atoms with E-state index in [2.05, 4.69) is 41.8 Å². The van der Waals surface area contributed by atoms with E-state index in [0.717, 1.165) is 4.47 Å². The van der Waals surface area contributed by atoms with Crippen molar-refractivity contribution in [1.82, 2.24) is 9.97 Å². The molecule has 0 aromatic carbocycles. The zero-order valence-corrected chi connectivity index (χ0v) is 14.3. The summed E-state index contributed by atoms with van der Waals surface area (Å²) in [7, 11) is 1.56. The molecule has 0 atom stereocenters. The van der Waals surface area contributed by atoms with Gasteiger partial charge < -0.3 is 9.84 Å². The van der Waals surface area contributed by atoms with Crippen molar-refractivity contribution in [2.45, 2.75) is 0 Å². The normalized spacial score (nSPS) is 9.53. The Hall–Kier alpha value is -0.560. The van der Waals surface area contributed by atoms with Gasteiger partial charge in [-0.3, -0.25) is 0 Å². The second-order valence-corrected chi connectivity index (χ2v) is 5.62. The highest BCUT2D eigenvalue weighted by atomic mass is 79.9. The SMILES string of the molecule is COc1cc(Br)c(Cl)cn1.Oc1cc(Br)c(Cl)cn1. The first kappa shape index (κ1) is 16.5. The average Bonchev–Trinajstić information content (AvgIpc) is 2.38. The summed E-state index contributed by atoms with van der Waals surface area (Å²) in [6, 6.07) is 3.14. The minimum absolute atomic E-state index is 0.0359. The predicted octanol–water partition coefficient (Wildman–Crippen LogP) is 4.71. The lowest BCUT2D eigenvalue weighted by atomic mass is 10.5. The Bertz CT molecular complexity index is 570. The summed E-state index contributed by atoms with van der Waals surface area (Å²) in [5.74, 6) is 0.516. The highest BCUT2D eigenvalue weighted by molar-refractivity contribution is 9.10. The molecule has 2 rings (SSSR count). The van der Waals surface area contributed by atoms with Crippen molar-refractivity contribution in [3.63, 3.8) is 0 Å². The number of aromatic hydroxyl groups is 1. The Kier molecular flexibility index (Phi) is 6.85. The number of hydrogen-bond donors (Lipinski definition) is 1. The molecule has 0 radical (unpaired) electrons. The summed E-state index contributed by atoms with van der Waals surface area (Å²) < 4.78 is 6.29. The minimum atomic E-state index is -0.0359. The molecule has 0 spiro atoms. The Labute approximate surface area is 137 Å². The molecule has 19 heavy (non-hydrogen) atoms. The van der Waals surface area contributed by atoms with E-state index in [1.165, 1.54) is 18.5 Å². The fourth-order valence-electron chi connectivity index (χ4n) is 0.912. The van der Waals surface area contributed by atoms with Crippen LogP contribution in [0.3, 0.4) is 0 Å². The third-order valence-corrected chi connectivity index (χ3v) is 4.16. The molecule has 0 aliphatic rings. The third kappa shape index (κ3) is 5.52. The minimum Gasteiger partial charge on any atom is -0.493 e. The van der Waals surface area contributed by atoms with Crippen molar-refractivity contribution in [2.24, 2.45) is 0 Å². The van der Waals surface area contributed by atoms with Crippen LogP contribution in [0.15, 0.2) is 33.5 Å². The highest BCUT2D eigenvalue weighted by Gasteiger charge is 1.98. The maximum atomic E-state index is 8.74. The van der Waals surface area contributed by atoms with E-state index in [4.69, 9.17) is 33.0 Å². The van der Waals surface area contributed by atoms with Gasteiger partial charge in [-0.05, 0) is 31.9 Å². The molecule has 0 bridgehead atoms. The molecule has 8 heteroatoms. The number of ether oxygens (including phenoxy) is 1. The van der Waals surface area contributed by atoms with Gasteiger partial charge in [0.2, 0.25) is 11.8 Å². The highest BCUT2D eigenvalue weighted by Crippen LogP contribution is 2.24. The van der Waals surface area contributed by atoms with Gasteiger partial charge in [-0.15, -0.1) is 0 Å². The first-order chi connectivity index (χ1) is 8.93. The van der Waals surface area contributed by atoms with Gasteiger partial charge in [0.15, 0.2) is 0 Å². The van der Waals surface area contributed by atoms with Crippen LogP contribution in [0.2, 0.25) is 10.0 Å². The summed E-state index contributed by atoms with van der Waals surface area (Å²) in [6.45, 7) is 0. The fourth-order valence-corrected chi connectivity index (χ4v) is 1.72. The molecule has 0 aliphatic carbocycles. The van der Waals surface area contributed by atoms with Crippen molar-refractivity contribution in [3.8, 4) is 11.8 Å². The molecule has 0 saturated heterocycles. The molecule has 102 valence electrons. The monoisotopic (exact) mass is 428 g/mol. The zero-order chi connectivity index (χ0) is 14.4. The number of aromatic nitrogens is 2. The first-order valence-electron chi connectivity index (χ1n) is 4.79. The van der Waals surface area contributed by atoms with E-state index >= 15 is 0 Å². The number of pyridine rings is 2. The fraction of sp³-hybridized carbons (Fsp3) is 0.0909. The zero-order valence-electron chi connectivity index (χ0n) is 9.57. The largest absolute Gasteiger partial charge is 0.493 e. The van der Waals surface area contributed by atoms with Crippen molar-refractivity contribution in [2.75, 3.05) is 7.11 Å². The molecule has 2 aromatic heterocycles. The summed E-state index contributed by atoms with van der Waals surface area (Å²) in [4.78, 5) is 7.41. The lowest BCUT2D eigenvalue weighted by Crippen LogP contribution is -1.85.